The number of hydrogen-bond acceptors (Lipinski definition) is 3. The lowest BCUT2D eigenvalue weighted by Crippen LogP contribution is -2.39. The zero-order valence-corrected chi connectivity index (χ0v) is 15.9. The third kappa shape index (κ3) is 3.80. The van der Waals surface area contributed by atoms with Crippen LogP contribution in [0.5, 0.6) is 0 Å². The van der Waals surface area contributed by atoms with Gasteiger partial charge >= 0.3 is 0 Å². The normalized spacial score (nSPS) is 17.1. The largest absolute Gasteiger partial charge is 0.355 e. The molecule has 2 heterocycles. The van der Waals surface area contributed by atoms with Crippen molar-refractivity contribution in [2.75, 3.05) is 18.4 Å². The Morgan fingerprint density at radius 3 is 2.74 bits per heavy atom. The Labute approximate surface area is 160 Å². The number of piperidine rings is 1. The number of benzene rings is 2. The second kappa shape index (κ2) is 7.39. The fourth-order valence-electron chi connectivity index (χ4n) is 3.77. The third-order valence-electron chi connectivity index (χ3n) is 5.18. The molecule has 1 aliphatic rings. The summed E-state index contributed by atoms with van der Waals surface area (Å²) in [6.07, 6.45) is 2.25. The molecule has 1 atom stereocenters. The summed E-state index contributed by atoms with van der Waals surface area (Å²) in [5.74, 6) is 0.577. The van der Waals surface area contributed by atoms with E-state index in [9.17, 15) is 4.79 Å². The zero-order chi connectivity index (χ0) is 18.8. The summed E-state index contributed by atoms with van der Waals surface area (Å²) < 4.78 is 0. The first kappa shape index (κ1) is 17.5. The fraction of sp³-hybridized carbons (Fsp3) is 0.304. The number of amides is 1. The summed E-state index contributed by atoms with van der Waals surface area (Å²) in [6.45, 7) is 5.91. The van der Waals surface area contributed by atoms with E-state index in [0.29, 0.717) is 11.6 Å². The fourth-order valence-corrected chi connectivity index (χ4v) is 3.77. The first-order valence-corrected chi connectivity index (χ1v) is 9.63. The number of rotatable bonds is 3. The maximum atomic E-state index is 13.1. The van der Waals surface area contributed by atoms with Crippen LogP contribution < -0.4 is 5.32 Å². The van der Waals surface area contributed by atoms with Crippen LogP contribution in [0.2, 0.25) is 0 Å². The van der Waals surface area contributed by atoms with E-state index in [1.165, 1.54) is 12.0 Å². The summed E-state index contributed by atoms with van der Waals surface area (Å²) >= 11 is 0. The van der Waals surface area contributed by atoms with Crippen LogP contribution in [0.15, 0.2) is 54.6 Å². The molecule has 1 fully saturated rings. The molecule has 3 aromatic rings. The summed E-state index contributed by atoms with van der Waals surface area (Å²) in [6, 6.07) is 18.1. The van der Waals surface area contributed by atoms with E-state index in [-0.39, 0.29) is 5.91 Å². The van der Waals surface area contributed by atoms with Crippen molar-refractivity contribution < 1.29 is 4.79 Å². The molecular weight excluding hydrogens is 334 g/mol. The minimum atomic E-state index is 0.0279. The Hall–Kier alpha value is -2.88. The molecule has 1 amide bonds. The Balaban J connectivity index is 1.75. The van der Waals surface area contributed by atoms with E-state index in [4.69, 9.17) is 0 Å². The molecule has 4 heteroatoms. The van der Waals surface area contributed by atoms with Crippen molar-refractivity contribution >= 4 is 28.2 Å². The highest BCUT2D eigenvalue weighted by atomic mass is 16.2. The van der Waals surface area contributed by atoms with Crippen LogP contribution >= 0.6 is 0 Å². The summed E-state index contributed by atoms with van der Waals surface area (Å²) in [5.41, 5.74) is 4.44. The number of carbonyl (C=O) groups excluding carboxylic acids is 1. The Morgan fingerprint density at radius 1 is 1.15 bits per heavy atom. The van der Waals surface area contributed by atoms with Gasteiger partial charge in [-0.2, -0.15) is 0 Å². The predicted octanol–water partition coefficient (Wildman–Crippen LogP) is 5.16. The van der Waals surface area contributed by atoms with Gasteiger partial charge in [-0.15, -0.1) is 0 Å². The predicted molar refractivity (Wildman–Crippen MR) is 111 cm³/mol. The minimum Gasteiger partial charge on any atom is -0.355 e. The quantitative estimate of drug-likeness (QED) is 0.702. The second-order valence-electron chi connectivity index (χ2n) is 7.57. The van der Waals surface area contributed by atoms with Gasteiger partial charge in [0.15, 0.2) is 0 Å². The minimum absolute atomic E-state index is 0.0279. The number of nitrogens with one attached hydrogen (secondary N) is 1. The van der Waals surface area contributed by atoms with Gasteiger partial charge < -0.3 is 10.2 Å². The Kier molecular flexibility index (Phi) is 4.80. The number of pyridine rings is 1. The molecule has 27 heavy (non-hydrogen) atoms. The molecule has 1 aromatic heterocycles. The van der Waals surface area contributed by atoms with Gasteiger partial charge in [-0.05, 0) is 56.0 Å². The molecule has 138 valence electrons. The first-order valence-electron chi connectivity index (χ1n) is 9.63. The van der Waals surface area contributed by atoms with E-state index in [2.05, 4.69) is 30.2 Å². The van der Waals surface area contributed by atoms with Crippen molar-refractivity contribution in [3.8, 4) is 0 Å². The lowest BCUT2D eigenvalue weighted by atomic mass is 10.00. The Bertz CT molecular complexity index is 968. The van der Waals surface area contributed by atoms with E-state index in [1.807, 2.05) is 53.4 Å². The molecule has 0 saturated carbocycles. The second-order valence-corrected chi connectivity index (χ2v) is 7.57. The molecule has 4 rings (SSSR count). The molecule has 1 N–H and O–H groups in total. The highest BCUT2D eigenvalue weighted by molar-refractivity contribution is 6.00. The molecule has 0 bridgehead atoms. The Morgan fingerprint density at radius 2 is 1.96 bits per heavy atom. The maximum Gasteiger partial charge on any atom is 0.272 e. The van der Waals surface area contributed by atoms with Crippen molar-refractivity contribution in [1.82, 2.24) is 9.88 Å². The summed E-state index contributed by atoms with van der Waals surface area (Å²) in [4.78, 5) is 19.7. The number of para-hydroxylation sites is 1. The number of nitrogens with zero attached hydrogens (tertiary/aromatic N) is 2. The van der Waals surface area contributed by atoms with Gasteiger partial charge in [-0.1, -0.05) is 36.8 Å². The van der Waals surface area contributed by atoms with Gasteiger partial charge in [0, 0.05) is 24.2 Å². The van der Waals surface area contributed by atoms with Gasteiger partial charge in [0.05, 0.1) is 11.2 Å². The number of hydrogen-bond donors (Lipinski definition) is 1. The van der Waals surface area contributed by atoms with Crippen molar-refractivity contribution in [3.05, 3.63) is 65.9 Å². The zero-order valence-electron chi connectivity index (χ0n) is 15.9. The van der Waals surface area contributed by atoms with Gasteiger partial charge in [0.1, 0.15) is 5.69 Å². The van der Waals surface area contributed by atoms with E-state index in [1.54, 1.807) is 0 Å². The number of aromatic nitrogens is 1. The van der Waals surface area contributed by atoms with E-state index >= 15 is 0 Å². The lowest BCUT2D eigenvalue weighted by molar-refractivity contribution is 0.0677. The molecule has 0 spiro atoms. The van der Waals surface area contributed by atoms with Crippen LogP contribution in [0.3, 0.4) is 0 Å². The summed E-state index contributed by atoms with van der Waals surface area (Å²) in [5, 5.41) is 4.50. The number of carbonyl (C=O) groups is 1. The van der Waals surface area contributed by atoms with Gasteiger partial charge in [0.25, 0.3) is 5.91 Å². The molecule has 1 saturated heterocycles. The highest BCUT2D eigenvalue weighted by Gasteiger charge is 2.24. The van der Waals surface area contributed by atoms with E-state index < -0.39 is 0 Å². The van der Waals surface area contributed by atoms with Crippen molar-refractivity contribution in [1.29, 1.82) is 0 Å². The van der Waals surface area contributed by atoms with Crippen molar-refractivity contribution in [2.24, 2.45) is 5.92 Å². The topological polar surface area (TPSA) is 45.2 Å². The van der Waals surface area contributed by atoms with Gasteiger partial charge in [-0.25, -0.2) is 4.98 Å². The van der Waals surface area contributed by atoms with Crippen LogP contribution in [-0.2, 0) is 0 Å². The smallest absolute Gasteiger partial charge is 0.272 e. The SMILES string of the molecule is Cc1ccc2nc(C(=O)N3CCC[C@@H](C)C3)cc(Nc3ccccc3)c2c1. The molecule has 4 nitrogen and oxygen atoms in total. The van der Waals surface area contributed by atoms with Crippen LogP contribution in [0.1, 0.15) is 35.8 Å². The molecule has 0 unspecified atom stereocenters. The van der Waals surface area contributed by atoms with Crippen LogP contribution in [0, 0.1) is 12.8 Å². The van der Waals surface area contributed by atoms with Crippen LogP contribution in [0.4, 0.5) is 11.4 Å². The molecule has 0 aliphatic carbocycles. The third-order valence-corrected chi connectivity index (χ3v) is 5.18. The highest BCUT2D eigenvalue weighted by Crippen LogP contribution is 2.28. The van der Waals surface area contributed by atoms with Crippen LogP contribution in [0.25, 0.3) is 10.9 Å². The molecular formula is C23H25N3O. The first-order chi connectivity index (χ1) is 13.1. The number of aryl methyl sites for hydroxylation is 1. The molecule has 1 aliphatic heterocycles. The summed E-state index contributed by atoms with van der Waals surface area (Å²) in [7, 11) is 0. The molecule has 2 aromatic carbocycles. The lowest BCUT2D eigenvalue weighted by Gasteiger charge is -2.30. The number of anilines is 2. The van der Waals surface area contributed by atoms with Gasteiger partial charge in [-0.3, -0.25) is 4.79 Å². The van der Waals surface area contributed by atoms with Crippen molar-refractivity contribution in [3.63, 3.8) is 0 Å². The molecule has 0 radical (unpaired) electrons. The van der Waals surface area contributed by atoms with Crippen LogP contribution in [-0.4, -0.2) is 28.9 Å². The van der Waals surface area contributed by atoms with Gasteiger partial charge in [0.2, 0.25) is 0 Å². The van der Waals surface area contributed by atoms with E-state index in [0.717, 1.165) is 41.8 Å². The standard InChI is InChI=1S/C23H25N3O/c1-16-10-11-20-19(13-16)21(24-18-8-4-3-5-9-18)14-22(25-20)23(27)26-12-6-7-17(2)15-26/h3-5,8-11,13-14,17H,6-7,12,15H2,1-2H3,(H,24,25)/t17-/m1/s1. The number of likely N-dealkylation sites (tertiary alicyclic amines) is 1. The number of fused-ring (bicyclic) bond motifs is 1. The average Bonchev–Trinajstić information content (AvgIpc) is 2.68. The average molecular weight is 359 g/mol. The van der Waals surface area contributed by atoms with Crippen molar-refractivity contribution in [2.45, 2.75) is 26.7 Å². The monoisotopic (exact) mass is 359 g/mol. The maximum absolute atomic E-state index is 13.1.